The van der Waals surface area contributed by atoms with Crippen LogP contribution in [0.2, 0.25) is 13.1 Å². The summed E-state index contributed by atoms with van der Waals surface area (Å²) in [4.78, 5) is 0. The van der Waals surface area contributed by atoms with E-state index in [9.17, 15) is 4.39 Å². The van der Waals surface area contributed by atoms with Gasteiger partial charge >= 0.3 is 0 Å². The lowest BCUT2D eigenvalue weighted by Crippen LogP contribution is -2.49. The molecule has 7 rings (SSSR count). The van der Waals surface area contributed by atoms with Gasteiger partial charge in [-0.3, -0.25) is 0 Å². The summed E-state index contributed by atoms with van der Waals surface area (Å²) in [6.07, 6.45) is 1.70. The second-order valence-electron chi connectivity index (χ2n) is 10.8. The first-order valence-corrected chi connectivity index (χ1v) is 15.8. The standard InChI is InChI=1S/C33H26F2NOSi/c1-19-9-11-24-25-13-14-26(35)31(33(25)37-32(24)30(19)27-18-21(34)15-16-36(27)2)20-10-12-23-22-7-5-6-8-28(22)38(3,4)29(23)17-20/h5-18H,1-4H3/q+1. The lowest BCUT2D eigenvalue weighted by molar-refractivity contribution is -0.660. The fraction of sp³-hybridized carbons (Fsp3) is 0.121. The van der Waals surface area contributed by atoms with Crippen LogP contribution in [0.3, 0.4) is 0 Å². The zero-order valence-corrected chi connectivity index (χ0v) is 22.7. The summed E-state index contributed by atoms with van der Waals surface area (Å²) in [6, 6.07) is 25.2. The van der Waals surface area contributed by atoms with Crippen LogP contribution in [-0.4, -0.2) is 8.07 Å². The van der Waals surface area contributed by atoms with Crippen molar-refractivity contribution >= 4 is 40.4 Å². The molecule has 1 aliphatic heterocycles. The molecule has 0 spiro atoms. The minimum Gasteiger partial charge on any atom is -0.454 e. The van der Waals surface area contributed by atoms with Gasteiger partial charge in [-0.25, -0.2) is 13.3 Å². The van der Waals surface area contributed by atoms with E-state index in [1.165, 1.54) is 39.7 Å². The van der Waals surface area contributed by atoms with E-state index >= 15 is 4.39 Å². The molecule has 0 radical (unpaired) electrons. The average molecular weight is 519 g/mol. The molecule has 0 saturated carbocycles. The summed E-state index contributed by atoms with van der Waals surface area (Å²) in [5.74, 6) is -0.635. The molecule has 0 bridgehead atoms. The average Bonchev–Trinajstić information content (AvgIpc) is 3.38. The highest BCUT2D eigenvalue weighted by atomic mass is 28.3. The fourth-order valence-electron chi connectivity index (χ4n) is 6.22. The van der Waals surface area contributed by atoms with Gasteiger partial charge in [-0.05, 0) is 51.7 Å². The van der Waals surface area contributed by atoms with E-state index < -0.39 is 8.07 Å². The van der Waals surface area contributed by atoms with Crippen LogP contribution < -0.4 is 14.9 Å². The van der Waals surface area contributed by atoms with Gasteiger partial charge in [0.05, 0.1) is 11.1 Å². The first-order chi connectivity index (χ1) is 18.3. The number of aryl methyl sites for hydroxylation is 2. The number of hydrogen-bond donors (Lipinski definition) is 0. The van der Waals surface area contributed by atoms with E-state index in [0.29, 0.717) is 22.4 Å². The second-order valence-corrected chi connectivity index (χ2v) is 15.1. The van der Waals surface area contributed by atoms with Crippen LogP contribution in [0.1, 0.15) is 5.56 Å². The fourth-order valence-corrected chi connectivity index (χ4v) is 9.32. The van der Waals surface area contributed by atoms with Crippen molar-refractivity contribution < 1.29 is 17.8 Å². The molecule has 6 aromatic rings. The zero-order chi connectivity index (χ0) is 26.3. The molecule has 3 heterocycles. The highest BCUT2D eigenvalue weighted by Crippen LogP contribution is 2.42. The Bertz CT molecular complexity index is 1950. The lowest BCUT2D eigenvalue weighted by atomic mass is 9.97. The smallest absolute Gasteiger partial charge is 0.219 e. The molecule has 0 saturated heterocycles. The van der Waals surface area contributed by atoms with Crippen LogP contribution in [0, 0.1) is 18.6 Å². The number of furan rings is 1. The quantitative estimate of drug-likeness (QED) is 0.176. The number of halogens is 2. The third-order valence-corrected chi connectivity index (χ3v) is 11.8. The maximum Gasteiger partial charge on any atom is 0.219 e. The van der Waals surface area contributed by atoms with Gasteiger partial charge < -0.3 is 4.42 Å². The molecule has 0 atom stereocenters. The Kier molecular flexibility index (Phi) is 4.82. The van der Waals surface area contributed by atoms with Crippen molar-refractivity contribution in [1.29, 1.82) is 0 Å². The van der Waals surface area contributed by atoms with Crippen molar-refractivity contribution in [2.24, 2.45) is 7.05 Å². The van der Waals surface area contributed by atoms with Gasteiger partial charge in [-0.2, -0.15) is 0 Å². The van der Waals surface area contributed by atoms with E-state index in [4.69, 9.17) is 4.42 Å². The van der Waals surface area contributed by atoms with Gasteiger partial charge in [-0.1, -0.05) is 67.7 Å². The first kappa shape index (κ1) is 23.1. The molecule has 5 heteroatoms. The third-order valence-electron chi connectivity index (χ3n) is 8.21. The molecule has 2 nitrogen and oxygen atoms in total. The molecule has 186 valence electrons. The highest BCUT2D eigenvalue weighted by molar-refractivity contribution is 7.03. The normalized spacial score (nSPS) is 13.7. The number of benzene rings is 4. The Morgan fingerprint density at radius 3 is 2.26 bits per heavy atom. The molecule has 0 aliphatic carbocycles. The zero-order valence-electron chi connectivity index (χ0n) is 21.7. The SMILES string of the molecule is Cc1ccc2c(oc3c(-c4ccc5c(c4)[Si](C)(C)c4ccccc4-5)c(F)ccc32)c1-c1cc(F)cc[n+]1C. The Labute approximate surface area is 220 Å². The van der Waals surface area contributed by atoms with Gasteiger partial charge in [0.1, 0.15) is 37.9 Å². The van der Waals surface area contributed by atoms with Crippen LogP contribution >= 0.6 is 0 Å². The number of hydrogen-bond acceptors (Lipinski definition) is 1. The third kappa shape index (κ3) is 3.12. The highest BCUT2D eigenvalue weighted by Gasteiger charge is 2.37. The summed E-state index contributed by atoms with van der Waals surface area (Å²) in [6.45, 7) is 6.69. The summed E-state index contributed by atoms with van der Waals surface area (Å²) >= 11 is 0. The van der Waals surface area contributed by atoms with E-state index in [0.717, 1.165) is 27.5 Å². The molecule has 0 N–H and O–H groups in total. The second kappa shape index (κ2) is 7.95. The van der Waals surface area contributed by atoms with Crippen molar-refractivity contribution in [1.82, 2.24) is 0 Å². The molecular formula is C33H26F2NOSi+. The predicted octanol–water partition coefficient (Wildman–Crippen LogP) is 7.13. The Balaban J connectivity index is 1.51. The molecule has 0 amide bonds. The van der Waals surface area contributed by atoms with Crippen molar-refractivity contribution in [3.8, 4) is 33.5 Å². The van der Waals surface area contributed by atoms with Gasteiger partial charge in [0.25, 0.3) is 0 Å². The maximum absolute atomic E-state index is 15.7. The topological polar surface area (TPSA) is 17.0 Å². The molecule has 38 heavy (non-hydrogen) atoms. The predicted molar refractivity (Wildman–Crippen MR) is 153 cm³/mol. The van der Waals surface area contributed by atoms with Crippen molar-refractivity contribution in [3.63, 3.8) is 0 Å². The van der Waals surface area contributed by atoms with Gasteiger partial charge in [0, 0.05) is 22.9 Å². The van der Waals surface area contributed by atoms with Crippen LogP contribution in [0.25, 0.3) is 55.4 Å². The Hall–Kier alpha value is -4.09. The number of pyridine rings is 1. The van der Waals surface area contributed by atoms with Crippen molar-refractivity contribution in [2.45, 2.75) is 20.0 Å². The molecule has 2 aromatic heterocycles. The van der Waals surface area contributed by atoms with Gasteiger partial charge in [0.15, 0.2) is 6.20 Å². The largest absolute Gasteiger partial charge is 0.454 e. The Morgan fingerprint density at radius 1 is 0.737 bits per heavy atom. The lowest BCUT2D eigenvalue weighted by Gasteiger charge is -2.19. The first-order valence-electron chi connectivity index (χ1n) is 12.8. The molecule has 0 unspecified atom stereocenters. The van der Waals surface area contributed by atoms with E-state index in [1.807, 2.05) is 36.7 Å². The molecule has 0 fully saturated rings. The van der Waals surface area contributed by atoms with Crippen molar-refractivity contribution in [3.05, 3.63) is 102 Å². The minimum atomic E-state index is -1.93. The monoisotopic (exact) mass is 518 g/mol. The van der Waals surface area contributed by atoms with E-state index in [-0.39, 0.29) is 11.6 Å². The molecular weight excluding hydrogens is 492 g/mol. The van der Waals surface area contributed by atoms with Crippen LogP contribution in [0.15, 0.2) is 89.5 Å². The number of fused-ring (bicyclic) bond motifs is 6. The summed E-state index contributed by atoms with van der Waals surface area (Å²) in [5, 5.41) is 4.45. The van der Waals surface area contributed by atoms with E-state index in [1.54, 1.807) is 12.3 Å². The number of aromatic nitrogens is 1. The summed E-state index contributed by atoms with van der Waals surface area (Å²) < 4.78 is 38.4. The van der Waals surface area contributed by atoms with Crippen LogP contribution in [-0.2, 0) is 7.05 Å². The number of nitrogens with zero attached hydrogens (tertiary/aromatic N) is 1. The van der Waals surface area contributed by atoms with Crippen molar-refractivity contribution in [2.75, 3.05) is 0 Å². The minimum absolute atomic E-state index is 0.316. The summed E-state index contributed by atoms with van der Waals surface area (Å²) in [5.41, 5.74) is 7.44. The maximum atomic E-state index is 15.7. The van der Waals surface area contributed by atoms with Crippen LogP contribution in [0.5, 0.6) is 0 Å². The Morgan fingerprint density at radius 2 is 1.45 bits per heavy atom. The number of rotatable bonds is 2. The van der Waals surface area contributed by atoms with Gasteiger partial charge in [-0.15, -0.1) is 0 Å². The summed E-state index contributed by atoms with van der Waals surface area (Å²) in [7, 11) is -0.0420. The molecule has 1 aliphatic rings. The van der Waals surface area contributed by atoms with Crippen LogP contribution in [0.4, 0.5) is 8.78 Å². The van der Waals surface area contributed by atoms with E-state index in [2.05, 4.69) is 49.5 Å². The molecule has 4 aromatic carbocycles. The van der Waals surface area contributed by atoms with Gasteiger partial charge in [0.2, 0.25) is 5.69 Å².